The van der Waals surface area contributed by atoms with E-state index in [4.69, 9.17) is 0 Å². The Labute approximate surface area is 189 Å². The van der Waals surface area contributed by atoms with Crippen molar-refractivity contribution in [2.45, 2.75) is 26.3 Å². The van der Waals surface area contributed by atoms with Crippen LogP contribution in [0.15, 0.2) is 60.1 Å². The van der Waals surface area contributed by atoms with Crippen LogP contribution in [0.4, 0.5) is 18.9 Å². The normalized spacial score (nSPS) is 16.5. The number of hydrogen-bond donors (Lipinski definition) is 1. The summed E-state index contributed by atoms with van der Waals surface area (Å²) < 4.78 is 41.4. The van der Waals surface area contributed by atoms with Crippen molar-refractivity contribution in [1.82, 2.24) is 9.97 Å². The topological polar surface area (TPSA) is 92.6 Å². The number of anilines is 1. The molecule has 170 valence electrons. The summed E-state index contributed by atoms with van der Waals surface area (Å²) in [6.45, 7) is 3.39. The standard InChI is InChI=1S/C22H16F3N3O4S/c1-11-20(33-12(2)27-11)18(29)16-17(13-7-9-26-10-8-13)28(21(31)19(16)30)14-3-5-15(6-4-14)32-22(23,24)25/h3-10,17,30H,1-2H3. The van der Waals surface area contributed by atoms with E-state index in [-0.39, 0.29) is 16.1 Å². The van der Waals surface area contributed by atoms with Crippen molar-refractivity contribution < 1.29 is 32.6 Å². The van der Waals surface area contributed by atoms with Gasteiger partial charge >= 0.3 is 6.36 Å². The Morgan fingerprint density at radius 2 is 1.76 bits per heavy atom. The number of benzene rings is 1. The van der Waals surface area contributed by atoms with E-state index in [1.165, 1.54) is 24.5 Å². The molecule has 0 bridgehead atoms. The fraction of sp³-hybridized carbons (Fsp3) is 0.182. The molecule has 1 aliphatic rings. The first kappa shape index (κ1) is 22.5. The zero-order valence-corrected chi connectivity index (χ0v) is 18.1. The third-order valence-electron chi connectivity index (χ3n) is 4.93. The predicted molar refractivity (Wildman–Crippen MR) is 113 cm³/mol. The van der Waals surface area contributed by atoms with Crippen LogP contribution in [-0.4, -0.2) is 33.1 Å². The van der Waals surface area contributed by atoms with Crippen LogP contribution in [-0.2, 0) is 4.79 Å². The molecule has 0 fully saturated rings. The Morgan fingerprint density at radius 3 is 2.30 bits per heavy atom. The van der Waals surface area contributed by atoms with E-state index in [2.05, 4.69) is 14.7 Å². The molecule has 1 aliphatic heterocycles. The molecular formula is C22H16F3N3O4S. The molecule has 1 amide bonds. The molecular weight excluding hydrogens is 459 g/mol. The van der Waals surface area contributed by atoms with Crippen molar-refractivity contribution in [2.75, 3.05) is 4.90 Å². The summed E-state index contributed by atoms with van der Waals surface area (Å²) in [6.07, 6.45) is -1.93. The Kier molecular flexibility index (Phi) is 5.66. The molecule has 1 atom stereocenters. The molecule has 3 aromatic rings. The summed E-state index contributed by atoms with van der Waals surface area (Å²) in [6, 6.07) is 6.74. The van der Waals surface area contributed by atoms with Gasteiger partial charge < -0.3 is 9.84 Å². The maximum atomic E-state index is 13.4. The number of hydrogen-bond acceptors (Lipinski definition) is 7. The van der Waals surface area contributed by atoms with Crippen LogP contribution in [0.1, 0.15) is 32.0 Å². The van der Waals surface area contributed by atoms with Crippen LogP contribution in [0.25, 0.3) is 0 Å². The smallest absolute Gasteiger partial charge is 0.503 e. The molecule has 4 rings (SSSR count). The van der Waals surface area contributed by atoms with Gasteiger partial charge in [-0.2, -0.15) is 0 Å². The minimum atomic E-state index is -4.87. The minimum Gasteiger partial charge on any atom is -0.503 e. The number of carbonyl (C=O) groups is 2. The molecule has 11 heteroatoms. The number of rotatable bonds is 5. The van der Waals surface area contributed by atoms with E-state index in [1.807, 2.05) is 0 Å². The van der Waals surface area contributed by atoms with Crippen molar-refractivity contribution in [3.8, 4) is 5.75 Å². The van der Waals surface area contributed by atoms with Gasteiger partial charge in [0.1, 0.15) is 5.75 Å². The van der Waals surface area contributed by atoms with Crippen LogP contribution < -0.4 is 9.64 Å². The molecule has 1 aromatic carbocycles. The Bertz CT molecular complexity index is 1250. The first-order valence-corrected chi connectivity index (χ1v) is 10.4. The second-order valence-electron chi connectivity index (χ2n) is 7.14. The average molecular weight is 475 g/mol. The van der Waals surface area contributed by atoms with Crippen LogP contribution in [0.2, 0.25) is 0 Å². The lowest BCUT2D eigenvalue weighted by molar-refractivity contribution is -0.274. The number of nitrogens with zero attached hydrogens (tertiary/aromatic N) is 3. The fourth-order valence-electron chi connectivity index (χ4n) is 3.64. The number of ether oxygens (including phenoxy) is 1. The van der Waals surface area contributed by atoms with Gasteiger partial charge in [-0.15, -0.1) is 24.5 Å². The molecule has 1 unspecified atom stereocenters. The average Bonchev–Trinajstić information content (AvgIpc) is 3.23. The summed E-state index contributed by atoms with van der Waals surface area (Å²) in [5, 5.41) is 11.4. The number of aliphatic hydroxyl groups is 1. The van der Waals surface area contributed by atoms with Gasteiger partial charge in [-0.05, 0) is 55.8 Å². The van der Waals surface area contributed by atoms with E-state index < -0.39 is 35.6 Å². The third kappa shape index (κ3) is 4.31. The Balaban J connectivity index is 1.79. The van der Waals surface area contributed by atoms with Gasteiger partial charge in [0.15, 0.2) is 5.76 Å². The number of pyridine rings is 1. The molecule has 0 saturated heterocycles. The van der Waals surface area contributed by atoms with E-state index >= 15 is 0 Å². The molecule has 7 nitrogen and oxygen atoms in total. The van der Waals surface area contributed by atoms with Gasteiger partial charge in [-0.25, -0.2) is 4.98 Å². The third-order valence-corrected chi connectivity index (χ3v) is 6.00. The summed E-state index contributed by atoms with van der Waals surface area (Å²) >= 11 is 1.14. The molecule has 2 aromatic heterocycles. The van der Waals surface area contributed by atoms with Crippen LogP contribution in [0, 0.1) is 13.8 Å². The molecule has 1 N–H and O–H groups in total. The van der Waals surface area contributed by atoms with Crippen LogP contribution in [0.5, 0.6) is 5.75 Å². The number of aromatic nitrogens is 2. The highest BCUT2D eigenvalue weighted by atomic mass is 32.1. The summed E-state index contributed by atoms with van der Waals surface area (Å²) in [5.74, 6) is -2.61. The van der Waals surface area contributed by atoms with Crippen molar-refractivity contribution in [3.05, 3.63) is 81.3 Å². The van der Waals surface area contributed by atoms with Gasteiger partial charge in [-0.3, -0.25) is 19.5 Å². The highest BCUT2D eigenvalue weighted by Crippen LogP contribution is 2.43. The molecule has 0 aliphatic carbocycles. The lowest BCUT2D eigenvalue weighted by Gasteiger charge is -2.27. The lowest BCUT2D eigenvalue weighted by Crippen LogP contribution is -2.31. The maximum Gasteiger partial charge on any atom is 0.573 e. The number of halogens is 3. The Morgan fingerprint density at radius 1 is 1.12 bits per heavy atom. The quantitative estimate of drug-likeness (QED) is 0.531. The highest BCUT2D eigenvalue weighted by Gasteiger charge is 2.45. The predicted octanol–water partition coefficient (Wildman–Crippen LogP) is 4.84. The van der Waals surface area contributed by atoms with Crippen LogP contribution >= 0.6 is 11.3 Å². The summed E-state index contributed by atoms with van der Waals surface area (Å²) in [5.41, 5.74) is 0.979. The number of aryl methyl sites for hydroxylation is 2. The number of alkyl halides is 3. The van der Waals surface area contributed by atoms with Gasteiger partial charge in [0.25, 0.3) is 5.91 Å². The number of aliphatic hydroxyl groups excluding tert-OH is 1. The first-order valence-electron chi connectivity index (χ1n) is 9.58. The van der Waals surface area contributed by atoms with Gasteiger partial charge in [0.2, 0.25) is 5.78 Å². The number of thiazole rings is 1. The monoisotopic (exact) mass is 475 g/mol. The van der Waals surface area contributed by atoms with E-state index in [0.29, 0.717) is 16.3 Å². The second kappa shape index (κ2) is 8.32. The zero-order chi connectivity index (χ0) is 23.9. The van der Waals surface area contributed by atoms with Crippen molar-refractivity contribution in [3.63, 3.8) is 0 Å². The number of carbonyl (C=O) groups excluding carboxylic acids is 2. The molecule has 3 heterocycles. The number of Topliss-reactive ketones (excluding diaryl/α,β-unsaturated/α-hetero) is 1. The van der Waals surface area contributed by atoms with E-state index in [0.717, 1.165) is 28.4 Å². The second-order valence-corrected chi connectivity index (χ2v) is 8.34. The SMILES string of the molecule is Cc1nc(C)c(C(=O)C2=C(O)C(=O)N(c3ccc(OC(F)(F)F)cc3)C2c2ccncc2)s1. The van der Waals surface area contributed by atoms with Crippen molar-refractivity contribution in [1.29, 1.82) is 0 Å². The van der Waals surface area contributed by atoms with Crippen LogP contribution in [0.3, 0.4) is 0 Å². The van der Waals surface area contributed by atoms with E-state index in [9.17, 15) is 27.9 Å². The van der Waals surface area contributed by atoms with Crippen molar-refractivity contribution >= 4 is 28.7 Å². The number of amides is 1. The maximum absolute atomic E-state index is 13.4. The lowest BCUT2D eigenvalue weighted by atomic mass is 9.95. The highest BCUT2D eigenvalue weighted by molar-refractivity contribution is 7.14. The van der Waals surface area contributed by atoms with Crippen molar-refractivity contribution in [2.24, 2.45) is 0 Å². The number of ketones is 1. The molecule has 0 radical (unpaired) electrons. The van der Waals surface area contributed by atoms with E-state index in [1.54, 1.807) is 26.0 Å². The first-order chi connectivity index (χ1) is 15.6. The zero-order valence-electron chi connectivity index (χ0n) is 17.3. The fourth-order valence-corrected chi connectivity index (χ4v) is 4.51. The molecule has 33 heavy (non-hydrogen) atoms. The molecule has 0 saturated carbocycles. The van der Waals surface area contributed by atoms with Gasteiger partial charge in [0, 0.05) is 18.1 Å². The van der Waals surface area contributed by atoms with Gasteiger partial charge in [-0.1, -0.05) is 0 Å². The summed E-state index contributed by atoms with van der Waals surface area (Å²) in [7, 11) is 0. The summed E-state index contributed by atoms with van der Waals surface area (Å²) in [4.78, 5) is 36.1. The largest absolute Gasteiger partial charge is 0.573 e. The molecule has 0 spiro atoms. The Hall–Kier alpha value is -3.73. The minimum absolute atomic E-state index is 0.145. The van der Waals surface area contributed by atoms with Gasteiger partial charge in [0.05, 0.1) is 27.2 Å².